The van der Waals surface area contributed by atoms with E-state index < -0.39 is 0 Å². The maximum Gasteiger partial charge on any atom is 0.223 e. The Morgan fingerprint density at radius 2 is 1.50 bits per heavy atom. The van der Waals surface area contributed by atoms with Crippen LogP contribution in [0, 0.1) is 11.3 Å². The molecule has 0 bridgehead atoms. The van der Waals surface area contributed by atoms with Crippen molar-refractivity contribution in [2.45, 2.75) is 64.7 Å². The smallest absolute Gasteiger partial charge is 0.223 e. The number of piperazine rings is 1. The summed E-state index contributed by atoms with van der Waals surface area (Å²) in [5.74, 6) is 1.02. The van der Waals surface area contributed by atoms with Crippen molar-refractivity contribution in [1.29, 1.82) is 0 Å². The van der Waals surface area contributed by atoms with E-state index >= 15 is 0 Å². The minimum Gasteiger partial charge on any atom is -0.343 e. The molecule has 1 saturated carbocycles. The zero-order valence-electron chi connectivity index (χ0n) is 17.8. The van der Waals surface area contributed by atoms with E-state index in [2.05, 4.69) is 11.8 Å². The van der Waals surface area contributed by atoms with Gasteiger partial charge in [-0.25, -0.2) is 0 Å². The topological polar surface area (TPSA) is 69.9 Å². The summed E-state index contributed by atoms with van der Waals surface area (Å²) in [6.45, 7) is 9.22. The van der Waals surface area contributed by atoms with Crippen LogP contribution in [0.2, 0.25) is 0 Å². The Bertz CT molecular complexity index is 517. The first kappa shape index (κ1) is 21.6. The summed E-state index contributed by atoms with van der Waals surface area (Å²) in [6, 6.07) is 0. The molecule has 6 heteroatoms. The summed E-state index contributed by atoms with van der Waals surface area (Å²) in [7, 11) is 0. The van der Waals surface area contributed by atoms with Gasteiger partial charge in [0, 0.05) is 52.1 Å². The predicted molar refractivity (Wildman–Crippen MR) is 112 cm³/mol. The molecule has 2 N–H and O–H groups in total. The minimum atomic E-state index is 0.0444. The lowest BCUT2D eigenvalue weighted by atomic mass is 9.71. The highest BCUT2D eigenvalue weighted by molar-refractivity contribution is 5.78. The molecule has 160 valence electrons. The molecule has 0 aromatic heterocycles. The summed E-state index contributed by atoms with van der Waals surface area (Å²) >= 11 is 0. The molecule has 0 radical (unpaired) electrons. The summed E-state index contributed by atoms with van der Waals surface area (Å²) < 4.78 is 0. The number of likely N-dealkylation sites (tertiary alicyclic amines) is 1. The van der Waals surface area contributed by atoms with Crippen molar-refractivity contribution in [1.82, 2.24) is 14.7 Å². The molecule has 1 aliphatic carbocycles. The van der Waals surface area contributed by atoms with Gasteiger partial charge >= 0.3 is 0 Å². The molecule has 2 saturated heterocycles. The lowest BCUT2D eigenvalue weighted by molar-refractivity contribution is -0.136. The molecular formula is C22H40N4O2. The van der Waals surface area contributed by atoms with Gasteiger partial charge in [-0.05, 0) is 50.1 Å². The third-order valence-electron chi connectivity index (χ3n) is 7.48. The van der Waals surface area contributed by atoms with Crippen LogP contribution in [0.15, 0.2) is 0 Å². The molecule has 0 aromatic rings. The summed E-state index contributed by atoms with van der Waals surface area (Å²) in [4.78, 5) is 32.0. The van der Waals surface area contributed by atoms with E-state index in [0.717, 1.165) is 71.5 Å². The lowest BCUT2D eigenvalue weighted by Gasteiger charge is -2.39. The van der Waals surface area contributed by atoms with Crippen LogP contribution in [-0.2, 0) is 9.59 Å². The quantitative estimate of drug-likeness (QED) is 0.751. The van der Waals surface area contributed by atoms with Crippen LogP contribution >= 0.6 is 0 Å². The third kappa shape index (κ3) is 5.47. The average Bonchev–Trinajstić information content (AvgIpc) is 2.75. The van der Waals surface area contributed by atoms with E-state index in [0.29, 0.717) is 31.2 Å². The summed E-state index contributed by atoms with van der Waals surface area (Å²) in [5, 5.41) is 0. The first-order valence-corrected chi connectivity index (χ1v) is 11.5. The maximum atomic E-state index is 12.9. The van der Waals surface area contributed by atoms with E-state index in [-0.39, 0.29) is 11.3 Å². The lowest BCUT2D eigenvalue weighted by Crippen LogP contribution is -2.49. The molecule has 2 amide bonds. The molecule has 3 rings (SSSR count). The van der Waals surface area contributed by atoms with E-state index in [1.807, 2.05) is 9.80 Å². The van der Waals surface area contributed by atoms with Crippen molar-refractivity contribution in [2.75, 3.05) is 52.4 Å². The largest absolute Gasteiger partial charge is 0.343 e. The molecule has 3 fully saturated rings. The van der Waals surface area contributed by atoms with E-state index in [1.54, 1.807) is 0 Å². The van der Waals surface area contributed by atoms with Gasteiger partial charge < -0.3 is 20.4 Å². The second-order valence-electron chi connectivity index (χ2n) is 9.28. The Morgan fingerprint density at radius 3 is 2.07 bits per heavy atom. The standard InChI is InChI=1S/C22H40N4O2/c1-2-24-12-14-26(15-13-24)20(27)16-19-6-10-25(11-7-19)21(28)17-22(18-23)8-4-3-5-9-22/h19H,2-18,23H2,1H3. The molecular weight excluding hydrogens is 352 g/mol. The number of carbonyl (C=O) groups excluding carboxylic acids is 2. The SMILES string of the molecule is CCN1CCN(C(=O)CC2CCN(C(=O)CC3(CN)CCCCC3)CC2)CC1. The highest BCUT2D eigenvalue weighted by Crippen LogP contribution is 2.39. The third-order valence-corrected chi connectivity index (χ3v) is 7.48. The number of carbonyl (C=O) groups is 2. The summed E-state index contributed by atoms with van der Waals surface area (Å²) in [5.41, 5.74) is 6.11. The number of nitrogens with two attached hydrogens (primary N) is 1. The molecule has 2 heterocycles. The predicted octanol–water partition coefficient (Wildman–Crippen LogP) is 2.08. The van der Waals surface area contributed by atoms with Crippen molar-refractivity contribution in [3.05, 3.63) is 0 Å². The Balaban J connectivity index is 1.40. The molecule has 0 aromatic carbocycles. The van der Waals surface area contributed by atoms with E-state index in [4.69, 9.17) is 5.73 Å². The first-order chi connectivity index (χ1) is 13.5. The van der Waals surface area contributed by atoms with Crippen LogP contribution < -0.4 is 5.73 Å². The highest BCUT2D eigenvalue weighted by Gasteiger charge is 2.35. The Morgan fingerprint density at radius 1 is 0.893 bits per heavy atom. The van der Waals surface area contributed by atoms with Gasteiger partial charge in [0.15, 0.2) is 0 Å². The number of hydrogen-bond acceptors (Lipinski definition) is 4. The fourth-order valence-corrected chi connectivity index (χ4v) is 5.26. The monoisotopic (exact) mass is 392 g/mol. The highest BCUT2D eigenvalue weighted by atomic mass is 16.2. The number of nitrogens with zero attached hydrogens (tertiary/aromatic N) is 3. The molecule has 3 aliphatic rings. The van der Waals surface area contributed by atoms with Crippen molar-refractivity contribution in [3.63, 3.8) is 0 Å². The maximum absolute atomic E-state index is 12.9. The van der Waals surface area contributed by atoms with Gasteiger partial charge in [-0.2, -0.15) is 0 Å². The molecule has 6 nitrogen and oxygen atoms in total. The Kier molecular flexibility index (Phi) is 7.75. The fraction of sp³-hybridized carbons (Fsp3) is 0.909. The van der Waals surface area contributed by atoms with Gasteiger partial charge in [-0.3, -0.25) is 9.59 Å². The van der Waals surface area contributed by atoms with Gasteiger partial charge in [0.1, 0.15) is 0 Å². The number of rotatable bonds is 6. The van der Waals surface area contributed by atoms with Gasteiger partial charge in [0.05, 0.1) is 0 Å². The molecule has 0 atom stereocenters. The van der Waals surface area contributed by atoms with Crippen LogP contribution in [0.25, 0.3) is 0 Å². The average molecular weight is 393 g/mol. The second kappa shape index (κ2) is 10.1. The van der Waals surface area contributed by atoms with Crippen LogP contribution in [0.1, 0.15) is 64.7 Å². The number of likely N-dealkylation sites (N-methyl/N-ethyl adjacent to an activating group) is 1. The van der Waals surface area contributed by atoms with E-state index in [9.17, 15) is 9.59 Å². The molecule has 0 spiro atoms. The van der Waals surface area contributed by atoms with Gasteiger partial charge in [0.25, 0.3) is 0 Å². The first-order valence-electron chi connectivity index (χ1n) is 11.5. The zero-order chi connectivity index (χ0) is 20.0. The van der Waals surface area contributed by atoms with Gasteiger partial charge in [0.2, 0.25) is 11.8 Å². The molecule has 28 heavy (non-hydrogen) atoms. The molecule has 2 aliphatic heterocycles. The van der Waals surface area contributed by atoms with Gasteiger partial charge in [-0.1, -0.05) is 26.2 Å². The number of piperidine rings is 1. The normalized spacial score (nSPS) is 24.4. The number of amides is 2. The van der Waals surface area contributed by atoms with Crippen LogP contribution in [0.3, 0.4) is 0 Å². The van der Waals surface area contributed by atoms with Crippen molar-refractivity contribution in [2.24, 2.45) is 17.1 Å². The Labute approximate surface area is 170 Å². The van der Waals surface area contributed by atoms with Crippen molar-refractivity contribution >= 4 is 11.8 Å². The van der Waals surface area contributed by atoms with Crippen LogP contribution in [-0.4, -0.2) is 78.9 Å². The van der Waals surface area contributed by atoms with Crippen molar-refractivity contribution < 1.29 is 9.59 Å². The summed E-state index contributed by atoms with van der Waals surface area (Å²) in [6.07, 6.45) is 9.10. The molecule has 0 unspecified atom stereocenters. The fourth-order valence-electron chi connectivity index (χ4n) is 5.26. The van der Waals surface area contributed by atoms with Crippen LogP contribution in [0.5, 0.6) is 0 Å². The van der Waals surface area contributed by atoms with Crippen LogP contribution in [0.4, 0.5) is 0 Å². The van der Waals surface area contributed by atoms with E-state index in [1.165, 1.54) is 19.3 Å². The minimum absolute atomic E-state index is 0.0444. The second-order valence-corrected chi connectivity index (χ2v) is 9.28. The zero-order valence-corrected chi connectivity index (χ0v) is 17.8. The van der Waals surface area contributed by atoms with Gasteiger partial charge in [-0.15, -0.1) is 0 Å². The Hall–Kier alpha value is -1.14. The number of hydrogen-bond donors (Lipinski definition) is 1. The van der Waals surface area contributed by atoms with Crippen molar-refractivity contribution in [3.8, 4) is 0 Å².